The first-order chi connectivity index (χ1) is 23.3. The fourth-order valence-corrected chi connectivity index (χ4v) is 7.25. The molecular weight excluding hydrogens is 583 g/mol. The summed E-state index contributed by atoms with van der Waals surface area (Å²) >= 11 is 0. The molecule has 0 spiro atoms. The molecular formula is C45H41N3. The fourth-order valence-electron chi connectivity index (χ4n) is 7.25. The third-order valence-electron chi connectivity index (χ3n) is 9.82. The van der Waals surface area contributed by atoms with E-state index in [1.54, 1.807) is 0 Å². The summed E-state index contributed by atoms with van der Waals surface area (Å²) in [4.78, 5) is 0. The number of nitrogens with one attached hydrogen (secondary N) is 2. The van der Waals surface area contributed by atoms with Crippen molar-refractivity contribution in [1.29, 1.82) is 5.41 Å². The number of allylic oxidation sites excluding steroid dienone is 3. The molecule has 1 aliphatic carbocycles. The molecule has 0 fully saturated rings. The Hall–Kier alpha value is -5.51. The van der Waals surface area contributed by atoms with E-state index in [1.165, 1.54) is 55.9 Å². The monoisotopic (exact) mass is 623 g/mol. The van der Waals surface area contributed by atoms with Crippen molar-refractivity contribution in [3.8, 4) is 22.3 Å². The van der Waals surface area contributed by atoms with Gasteiger partial charge in [-0.1, -0.05) is 135 Å². The van der Waals surface area contributed by atoms with E-state index in [2.05, 4.69) is 147 Å². The molecule has 48 heavy (non-hydrogen) atoms. The normalized spacial score (nSPS) is 14.3. The minimum atomic E-state index is -0.377. The number of fused-ring (bicyclic) bond motifs is 4. The molecule has 1 unspecified atom stereocenters. The summed E-state index contributed by atoms with van der Waals surface area (Å²) in [6, 6.07) is 47.6. The van der Waals surface area contributed by atoms with Gasteiger partial charge in [0.2, 0.25) is 0 Å². The summed E-state index contributed by atoms with van der Waals surface area (Å²) in [5.74, 6) is 0. The van der Waals surface area contributed by atoms with Gasteiger partial charge in [-0.2, -0.15) is 0 Å². The Balaban J connectivity index is 1.33. The Morgan fingerprint density at radius 2 is 1.46 bits per heavy atom. The van der Waals surface area contributed by atoms with Gasteiger partial charge in [0.25, 0.3) is 0 Å². The highest BCUT2D eigenvalue weighted by Gasteiger charge is 2.37. The second-order valence-corrected chi connectivity index (χ2v) is 13.2. The third kappa shape index (κ3) is 5.78. The highest BCUT2D eigenvalue weighted by Crippen LogP contribution is 2.53. The Bertz CT molecular complexity index is 2200. The van der Waals surface area contributed by atoms with Crippen LogP contribution in [-0.2, 0) is 11.8 Å². The van der Waals surface area contributed by atoms with Gasteiger partial charge in [-0.05, 0) is 110 Å². The lowest BCUT2D eigenvalue weighted by molar-refractivity contribution is 0.661. The third-order valence-corrected chi connectivity index (χ3v) is 9.82. The molecule has 1 atom stereocenters. The van der Waals surface area contributed by atoms with Crippen molar-refractivity contribution in [3.05, 3.63) is 179 Å². The lowest BCUT2D eigenvalue weighted by atomic mass is 9.81. The molecule has 0 aliphatic heterocycles. The second kappa shape index (κ2) is 12.9. The molecule has 0 aromatic heterocycles. The minimum absolute atomic E-state index is 0.102. The van der Waals surface area contributed by atoms with Crippen LogP contribution in [0.4, 0.5) is 0 Å². The molecule has 0 radical (unpaired) electrons. The molecule has 0 bridgehead atoms. The first-order valence-electron chi connectivity index (χ1n) is 16.7. The summed E-state index contributed by atoms with van der Waals surface area (Å²) in [6.07, 6.45) is 5.78. The van der Waals surface area contributed by atoms with Gasteiger partial charge in [0.15, 0.2) is 0 Å². The maximum atomic E-state index is 7.59. The van der Waals surface area contributed by atoms with Gasteiger partial charge in [-0.25, -0.2) is 0 Å². The van der Waals surface area contributed by atoms with Crippen LogP contribution in [0.2, 0.25) is 0 Å². The van der Waals surface area contributed by atoms with Crippen LogP contribution in [0.1, 0.15) is 60.3 Å². The Kier molecular flexibility index (Phi) is 8.39. The summed E-state index contributed by atoms with van der Waals surface area (Å²) in [6.45, 7) is 6.75. The van der Waals surface area contributed by atoms with Crippen molar-refractivity contribution >= 4 is 28.3 Å². The van der Waals surface area contributed by atoms with Crippen molar-refractivity contribution in [2.75, 3.05) is 0 Å². The van der Waals surface area contributed by atoms with Crippen molar-refractivity contribution < 1.29 is 0 Å². The highest BCUT2D eigenvalue weighted by atomic mass is 15.0. The summed E-state index contributed by atoms with van der Waals surface area (Å²) in [7, 11) is 0. The van der Waals surface area contributed by atoms with E-state index in [0.29, 0.717) is 6.42 Å². The van der Waals surface area contributed by atoms with E-state index in [-0.39, 0.29) is 11.6 Å². The van der Waals surface area contributed by atoms with Crippen LogP contribution in [0.15, 0.2) is 146 Å². The first-order valence-corrected chi connectivity index (χ1v) is 16.7. The number of hydrogen-bond acceptors (Lipinski definition) is 3. The van der Waals surface area contributed by atoms with Crippen LogP contribution in [0.25, 0.3) is 44.3 Å². The Morgan fingerprint density at radius 3 is 2.25 bits per heavy atom. The van der Waals surface area contributed by atoms with Crippen LogP contribution < -0.4 is 11.1 Å². The van der Waals surface area contributed by atoms with E-state index in [1.807, 2.05) is 24.3 Å². The van der Waals surface area contributed by atoms with Gasteiger partial charge in [0, 0.05) is 17.3 Å². The predicted octanol–water partition coefficient (Wildman–Crippen LogP) is 10.7. The van der Waals surface area contributed by atoms with Crippen LogP contribution in [0.3, 0.4) is 0 Å². The molecule has 1 aliphatic rings. The van der Waals surface area contributed by atoms with Gasteiger partial charge in [0.1, 0.15) is 6.17 Å². The fraction of sp³-hybridized carbons (Fsp3) is 0.133. The lowest BCUT2D eigenvalue weighted by Gasteiger charge is -2.22. The first kappa shape index (κ1) is 31.1. The van der Waals surface area contributed by atoms with E-state index >= 15 is 0 Å². The van der Waals surface area contributed by atoms with E-state index in [4.69, 9.17) is 11.1 Å². The van der Waals surface area contributed by atoms with Gasteiger partial charge < -0.3 is 16.5 Å². The van der Waals surface area contributed by atoms with Crippen LogP contribution in [0, 0.1) is 5.41 Å². The SMILES string of the molecule is C/C(=C\C=N)c1ccccc1C/C=C(\NC(N)c1ccccc1)c1cccc(-c2cccc3c2-c2cc4ccccc4cc2C3(C)C)c1. The van der Waals surface area contributed by atoms with Crippen LogP contribution >= 0.6 is 0 Å². The van der Waals surface area contributed by atoms with Crippen molar-refractivity contribution in [3.63, 3.8) is 0 Å². The van der Waals surface area contributed by atoms with Crippen molar-refractivity contribution in [2.45, 2.75) is 38.8 Å². The number of benzene rings is 6. The van der Waals surface area contributed by atoms with Crippen molar-refractivity contribution in [1.82, 2.24) is 5.32 Å². The Labute approximate surface area is 284 Å². The zero-order valence-electron chi connectivity index (χ0n) is 27.8. The van der Waals surface area contributed by atoms with Gasteiger partial charge in [-0.15, -0.1) is 0 Å². The zero-order chi connectivity index (χ0) is 33.3. The van der Waals surface area contributed by atoms with Gasteiger partial charge in [0.05, 0.1) is 0 Å². The minimum Gasteiger partial charge on any atom is -0.366 e. The Morgan fingerprint density at radius 1 is 0.750 bits per heavy atom. The molecule has 3 nitrogen and oxygen atoms in total. The molecule has 3 heteroatoms. The quantitative estimate of drug-likeness (QED) is 0.111. The average molecular weight is 624 g/mol. The molecule has 6 aromatic carbocycles. The van der Waals surface area contributed by atoms with E-state index in [9.17, 15) is 0 Å². The molecule has 0 amide bonds. The molecule has 0 heterocycles. The van der Waals surface area contributed by atoms with Crippen LogP contribution in [0.5, 0.6) is 0 Å². The second-order valence-electron chi connectivity index (χ2n) is 13.2. The van der Waals surface area contributed by atoms with Gasteiger partial charge >= 0.3 is 0 Å². The summed E-state index contributed by atoms with van der Waals surface area (Å²) < 4.78 is 0. The predicted molar refractivity (Wildman–Crippen MR) is 204 cm³/mol. The van der Waals surface area contributed by atoms with Gasteiger partial charge in [-0.3, -0.25) is 0 Å². The highest BCUT2D eigenvalue weighted by molar-refractivity contribution is 5.98. The molecule has 0 saturated heterocycles. The maximum absolute atomic E-state index is 7.59. The van der Waals surface area contributed by atoms with Crippen LogP contribution in [-0.4, -0.2) is 6.21 Å². The number of rotatable bonds is 9. The summed E-state index contributed by atoms with van der Waals surface area (Å²) in [5, 5.41) is 13.8. The lowest BCUT2D eigenvalue weighted by Crippen LogP contribution is -2.27. The van der Waals surface area contributed by atoms with E-state index in [0.717, 1.165) is 28.0 Å². The molecule has 4 N–H and O–H groups in total. The van der Waals surface area contributed by atoms with Crippen molar-refractivity contribution in [2.24, 2.45) is 5.73 Å². The summed E-state index contributed by atoms with van der Waals surface area (Å²) in [5.41, 5.74) is 21.0. The average Bonchev–Trinajstić information content (AvgIpc) is 3.35. The number of nitrogens with two attached hydrogens (primary N) is 1. The standard InChI is InChI=1S/C45H41N3/c1-30(25-26-46)37-20-10-9-13-31(37)23-24-42(48-44(47)32-14-5-4-6-15-32)36-19-11-18-35(27-36)38-21-12-22-40-43(38)39-28-33-16-7-8-17-34(33)29-41(39)45(40,2)3/h4-22,24-29,44,46,48H,23,47H2,1-3H3/b30-25+,42-24-,46-26?. The largest absolute Gasteiger partial charge is 0.366 e. The zero-order valence-corrected chi connectivity index (χ0v) is 27.8. The number of hydrogen-bond donors (Lipinski definition) is 3. The molecule has 7 rings (SSSR count). The molecule has 236 valence electrons. The topological polar surface area (TPSA) is 61.9 Å². The molecule has 6 aromatic rings. The van der Waals surface area contributed by atoms with E-state index < -0.39 is 0 Å². The molecule has 0 saturated carbocycles. The maximum Gasteiger partial charge on any atom is 0.101 e. The smallest absolute Gasteiger partial charge is 0.101 e.